The summed E-state index contributed by atoms with van der Waals surface area (Å²) >= 11 is 2.84. The Hall–Kier alpha value is -1.90. The SMILES string of the molecule is Cc1ccc(CCNC[C@H]2CCC(=O)N2CCSc2nc(C(=O)O)cs2)cc1. The summed E-state index contributed by atoms with van der Waals surface area (Å²) in [7, 11) is 0. The van der Waals surface area contributed by atoms with Crippen LogP contribution < -0.4 is 5.32 Å². The second kappa shape index (κ2) is 10.0. The van der Waals surface area contributed by atoms with Crippen LogP contribution in [0.25, 0.3) is 0 Å². The number of likely N-dealkylation sites (tertiary alicyclic amines) is 1. The van der Waals surface area contributed by atoms with E-state index in [4.69, 9.17) is 5.11 Å². The van der Waals surface area contributed by atoms with Crippen molar-refractivity contribution in [3.05, 3.63) is 46.5 Å². The van der Waals surface area contributed by atoms with E-state index in [1.807, 2.05) is 4.90 Å². The Labute approximate surface area is 173 Å². The van der Waals surface area contributed by atoms with Gasteiger partial charge in [0.05, 0.1) is 0 Å². The Bertz CT molecular complexity index is 807. The molecule has 28 heavy (non-hydrogen) atoms. The van der Waals surface area contributed by atoms with Crippen LogP contribution in [0.4, 0.5) is 0 Å². The van der Waals surface area contributed by atoms with Gasteiger partial charge in [-0.1, -0.05) is 41.6 Å². The molecule has 1 atom stereocenters. The summed E-state index contributed by atoms with van der Waals surface area (Å²) < 4.78 is 0.733. The summed E-state index contributed by atoms with van der Waals surface area (Å²) in [4.78, 5) is 29.1. The lowest BCUT2D eigenvalue weighted by Crippen LogP contribution is -2.41. The fourth-order valence-electron chi connectivity index (χ4n) is 3.22. The zero-order valence-electron chi connectivity index (χ0n) is 15.9. The molecule has 0 bridgehead atoms. The zero-order chi connectivity index (χ0) is 19.9. The molecule has 1 fully saturated rings. The van der Waals surface area contributed by atoms with E-state index in [-0.39, 0.29) is 17.6 Å². The number of nitrogens with one attached hydrogen (secondary N) is 1. The van der Waals surface area contributed by atoms with Crippen LogP contribution in [0.1, 0.15) is 34.5 Å². The van der Waals surface area contributed by atoms with Crippen molar-refractivity contribution in [1.82, 2.24) is 15.2 Å². The summed E-state index contributed by atoms with van der Waals surface area (Å²) in [5, 5.41) is 14.0. The summed E-state index contributed by atoms with van der Waals surface area (Å²) in [6.07, 6.45) is 2.48. The predicted octanol–water partition coefficient (Wildman–Crippen LogP) is 3.07. The van der Waals surface area contributed by atoms with Crippen LogP contribution in [-0.4, -0.2) is 58.3 Å². The van der Waals surface area contributed by atoms with E-state index >= 15 is 0 Å². The molecule has 0 spiro atoms. The van der Waals surface area contributed by atoms with Crippen molar-refractivity contribution in [2.24, 2.45) is 0 Å². The molecule has 2 N–H and O–H groups in total. The number of aromatic carboxylic acids is 1. The lowest BCUT2D eigenvalue weighted by Gasteiger charge is -2.25. The molecule has 2 aromatic rings. The molecule has 1 aliphatic heterocycles. The van der Waals surface area contributed by atoms with Crippen molar-refractivity contribution in [3.63, 3.8) is 0 Å². The third kappa shape index (κ3) is 5.80. The Kier molecular flexibility index (Phi) is 7.47. The number of nitrogens with zero attached hydrogens (tertiary/aromatic N) is 2. The maximum absolute atomic E-state index is 12.2. The molecule has 2 heterocycles. The first-order chi connectivity index (χ1) is 13.5. The molecule has 3 rings (SSSR count). The van der Waals surface area contributed by atoms with Crippen molar-refractivity contribution in [3.8, 4) is 0 Å². The van der Waals surface area contributed by atoms with Crippen LogP contribution in [0, 0.1) is 6.92 Å². The Balaban J connectivity index is 1.39. The fraction of sp³-hybridized carbons (Fsp3) is 0.450. The first-order valence-corrected chi connectivity index (χ1v) is 11.3. The second-order valence-electron chi connectivity index (χ2n) is 6.87. The lowest BCUT2D eigenvalue weighted by molar-refractivity contribution is -0.128. The highest BCUT2D eigenvalue weighted by Gasteiger charge is 2.30. The first-order valence-electron chi connectivity index (χ1n) is 9.40. The van der Waals surface area contributed by atoms with Gasteiger partial charge >= 0.3 is 5.97 Å². The van der Waals surface area contributed by atoms with Gasteiger partial charge in [0.1, 0.15) is 0 Å². The van der Waals surface area contributed by atoms with E-state index in [0.717, 1.165) is 36.0 Å². The average Bonchev–Trinajstić information content (AvgIpc) is 3.28. The summed E-state index contributed by atoms with van der Waals surface area (Å²) in [6.45, 7) is 4.46. The normalized spacial score (nSPS) is 16.7. The molecule has 0 saturated carbocycles. The Morgan fingerprint density at radius 1 is 1.39 bits per heavy atom. The first kappa shape index (κ1) is 20.8. The van der Waals surface area contributed by atoms with Crippen molar-refractivity contribution < 1.29 is 14.7 Å². The van der Waals surface area contributed by atoms with Crippen molar-refractivity contribution in [2.45, 2.75) is 36.6 Å². The summed E-state index contributed by atoms with van der Waals surface area (Å²) in [5.74, 6) is -0.0797. The van der Waals surface area contributed by atoms with E-state index in [9.17, 15) is 9.59 Å². The molecule has 1 aromatic heterocycles. The third-order valence-corrected chi connectivity index (χ3v) is 6.80. The lowest BCUT2D eigenvalue weighted by atomic mass is 10.1. The largest absolute Gasteiger partial charge is 0.476 e. The minimum atomic E-state index is -1.01. The molecule has 1 aliphatic rings. The maximum atomic E-state index is 12.2. The molecule has 1 saturated heterocycles. The molecule has 6 nitrogen and oxygen atoms in total. The third-order valence-electron chi connectivity index (χ3n) is 4.80. The van der Waals surface area contributed by atoms with E-state index in [1.54, 1.807) is 5.38 Å². The zero-order valence-corrected chi connectivity index (χ0v) is 17.5. The van der Waals surface area contributed by atoms with Crippen LogP contribution in [0.2, 0.25) is 0 Å². The van der Waals surface area contributed by atoms with Gasteiger partial charge in [-0.3, -0.25) is 4.79 Å². The number of benzene rings is 1. The minimum Gasteiger partial charge on any atom is -0.476 e. The van der Waals surface area contributed by atoms with E-state index in [1.165, 1.54) is 34.2 Å². The van der Waals surface area contributed by atoms with Crippen LogP contribution in [-0.2, 0) is 11.2 Å². The van der Waals surface area contributed by atoms with Crippen LogP contribution >= 0.6 is 23.1 Å². The van der Waals surface area contributed by atoms with Crippen LogP contribution in [0.15, 0.2) is 34.0 Å². The van der Waals surface area contributed by atoms with Gasteiger partial charge in [0.15, 0.2) is 10.0 Å². The number of hydrogen-bond acceptors (Lipinski definition) is 6. The monoisotopic (exact) mass is 419 g/mol. The minimum absolute atomic E-state index is 0.0837. The fourth-order valence-corrected chi connectivity index (χ4v) is 5.03. The number of carboxylic acid groups (broad SMARTS) is 1. The van der Waals surface area contributed by atoms with Gasteiger partial charge in [0.2, 0.25) is 5.91 Å². The summed E-state index contributed by atoms with van der Waals surface area (Å²) in [6, 6.07) is 8.82. The molecule has 0 unspecified atom stereocenters. The number of aromatic nitrogens is 1. The quantitative estimate of drug-likeness (QED) is 0.455. The average molecular weight is 420 g/mol. The second-order valence-corrected chi connectivity index (χ2v) is 9.07. The molecule has 8 heteroatoms. The molecular weight excluding hydrogens is 394 g/mol. The number of carboxylic acids is 1. The molecule has 0 radical (unpaired) electrons. The molecular formula is C20H25N3O3S2. The Morgan fingerprint density at radius 2 is 2.18 bits per heavy atom. The number of carbonyl (C=O) groups is 2. The molecule has 0 aliphatic carbocycles. The number of amides is 1. The van der Waals surface area contributed by atoms with Gasteiger partial charge in [0, 0.05) is 36.7 Å². The van der Waals surface area contributed by atoms with E-state index in [2.05, 4.69) is 41.5 Å². The smallest absolute Gasteiger partial charge is 0.355 e. The Morgan fingerprint density at radius 3 is 2.89 bits per heavy atom. The van der Waals surface area contributed by atoms with Crippen LogP contribution in [0.5, 0.6) is 0 Å². The van der Waals surface area contributed by atoms with Gasteiger partial charge in [0.25, 0.3) is 0 Å². The number of thiazole rings is 1. The standard InChI is InChI=1S/C20H25N3O3S2/c1-14-2-4-15(5-3-14)8-9-21-12-16-6-7-18(24)23(16)10-11-27-20-22-17(13-28-20)19(25)26/h2-5,13,16,21H,6-12H2,1H3,(H,25,26)/t16-/m1/s1. The van der Waals surface area contributed by atoms with Crippen molar-refractivity contribution in [1.29, 1.82) is 0 Å². The molecule has 1 aromatic carbocycles. The van der Waals surface area contributed by atoms with Gasteiger partial charge in [-0.2, -0.15) is 0 Å². The molecule has 150 valence electrons. The maximum Gasteiger partial charge on any atom is 0.355 e. The van der Waals surface area contributed by atoms with Gasteiger partial charge < -0.3 is 15.3 Å². The predicted molar refractivity (Wildman–Crippen MR) is 112 cm³/mol. The van der Waals surface area contributed by atoms with E-state index in [0.29, 0.717) is 13.0 Å². The van der Waals surface area contributed by atoms with Gasteiger partial charge in [-0.05, 0) is 31.9 Å². The number of thioether (sulfide) groups is 1. The highest BCUT2D eigenvalue weighted by Crippen LogP contribution is 2.24. The highest BCUT2D eigenvalue weighted by atomic mass is 32.2. The van der Waals surface area contributed by atoms with Crippen molar-refractivity contribution >= 4 is 35.0 Å². The number of carbonyl (C=O) groups excluding carboxylic acids is 1. The van der Waals surface area contributed by atoms with Gasteiger partial charge in [-0.25, -0.2) is 9.78 Å². The number of hydrogen-bond donors (Lipinski definition) is 2. The van der Waals surface area contributed by atoms with Crippen LogP contribution in [0.3, 0.4) is 0 Å². The summed E-state index contributed by atoms with van der Waals surface area (Å²) in [5.41, 5.74) is 2.67. The molecule has 1 amide bonds. The topological polar surface area (TPSA) is 82.5 Å². The number of aryl methyl sites for hydroxylation is 1. The van der Waals surface area contributed by atoms with Gasteiger partial charge in [-0.15, -0.1) is 11.3 Å². The number of rotatable bonds is 10. The highest BCUT2D eigenvalue weighted by molar-refractivity contribution is 8.01. The van der Waals surface area contributed by atoms with Crippen molar-refractivity contribution in [2.75, 3.05) is 25.4 Å². The van der Waals surface area contributed by atoms with E-state index < -0.39 is 5.97 Å².